The molecule has 382 valence electrons. The summed E-state index contributed by atoms with van der Waals surface area (Å²) < 4.78 is 22.8. The lowest BCUT2D eigenvalue weighted by Crippen LogP contribution is -2.69. The minimum absolute atomic E-state index is 0.0132. The van der Waals surface area contributed by atoms with Crippen LogP contribution in [0.4, 0.5) is 0 Å². The summed E-state index contributed by atoms with van der Waals surface area (Å²) in [5.74, 6) is -9.80. The molecule has 2 aliphatic heterocycles. The van der Waals surface area contributed by atoms with Crippen LogP contribution < -0.4 is 43.4 Å². The third-order valence-corrected chi connectivity index (χ3v) is 10.7. The number of rotatable bonds is 26. The van der Waals surface area contributed by atoms with Gasteiger partial charge < -0.3 is 103 Å². The molecule has 0 saturated carbocycles. The maximum atomic E-state index is 13.4. The van der Waals surface area contributed by atoms with E-state index in [2.05, 4.69) is 31.9 Å². The number of carboxylic acid groups (broad SMARTS) is 3. The van der Waals surface area contributed by atoms with E-state index < -0.39 is 183 Å². The van der Waals surface area contributed by atoms with Crippen molar-refractivity contribution in [1.29, 1.82) is 0 Å². The number of ether oxygens (including phenoxy) is 4. The number of hydrogen-bond donors (Lipinski definition) is 16. The van der Waals surface area contributed by atoms with Gasteiger partial charge >= 0.3 is 17.9 Å². The lowest BCUT2D eigenvalue weighted by molar-refractivity contribution is -0.331. The highest BCUT2D eigenvalue weighted by atomic mass is 16.7. The summed E-state index contributed by atoms with van der Waals surface area (Å²) in [7, 11) is 0. The molecule has 0 radical (unpaired) electrons. The molecule has 0 aromatic rings. The minimum Gasteiger partial charge on any atom is -0.480 e. The van der Waals surface area contributed by atoms with E-state index in [0.717, 1.165) is 6.92 Å². The molecule has 17 unspecified atom stereocenters. The molecule has 17 atom stereocenters. The number of nitrogens with one attached hydrogen (secondary N) is 6. The van der Waals surface area contributed by atoms with Crippen molar-refractivity contribution in [1.82, 2.24) is 31.9 Å². The van der Waals surface area contributed by atoms with Gasteiger partial charge in [0.2, 0.25) is 35.4 Å². The molecule has 2 saturated heterocycles. The number of aliphatic carboxylic acids is 3. The Kier molecular flexibility index (Phi) is 23.3. The first-order chi connectivity index (χ1) is 31.2. The summed E-state index contributed by atoms with van der Waals surface area (Å²) in [4.78, 5) is 112. The molecular weight excluding hydrogens is 904 g/mol. The van der Waals surface area contributed by atoms with Crippen molar-refractivity contribution in [3.63, 3.8) is 0 Å². The van der Waals surface area contributed by atoms with E-state index in [9.17, 15) is 73.8 Å². The maximum Gasteiger partial charge on any atom is 0.326 e. The number of nitrogens with two attached hydrogens (primary N) is 2. The Morgan fingerprint density at radius 2 is 1.21 bits per heavy atom. The van der Waals surface area contributed by atoms with Gasteiger partial charge in [-0.05, 0) is 53.4 Å². The number of hydrogen-bond acceptors (Lipinski definition) is 20. The zero-order valence-corrected chi connectivity index (χ0v) is 37.3. The Morgan fingerprint density at radius 3 is 1.75 bits per heavy atom. The summed E-state index contributed by atoms with van der Waals surface area (Å²) >= 11 is 0. The highest BCUT2D eigenvalue weighted by molar-refractivity contribution is 5.94. The molecule has 0 aliphatic carbocycles. The van der Waals surface area contributed by atoms with Gasteiger partial charge in [0.15, 0.2) is 12.6 Å². The Hall–Kier alpha value is -5.21. The van der Waals surface area contributed by atoms with Crippen LogP contribution in [0.25, 0.3) is 0 Å². The van der Waals surface area contributed by atoms with E-state index in [-0.39, 0.29) is 19.3 Å². The molecule has 2 fully saturated rings. The van der Waals surface area contributed by atoms with Crippen molar-refractivity contribution >= 4 is 53.4 Å². The highest BCUT2D eigenvalue weighted by Gasteiger charge is 2.52. The zero-order valence-electron chi connectivity index (χ0n) is 37.3. The standard InChI is InChI=1S/C38H64N8O21/c1-13(30(53)43-15(3)34(57)58)42-33(56)19(8-6-7-18(39)35(59)60)45-23(50)10-9-20(36(61)62)46-31(54)14(2)41-32(55)16(4)64-29-25(44-17(5)49)37(63)65-22(12-48)28(29)67-38-24(40)27(52)26(51)21(11-47)66-38/h13-16,18-22,24-29,37-38,47-48,51-52,63H,6-12,39-40H2,1-5H3,(H,41,55)(H,42,56)(H,43,53)(H,44,49)(H,45,50)(H,46,54)(H,57,58)(H,59,60)(H,61,62). The van der Waals surface area contributed by atoms with Crippen LogP contribution in [0.5, 0.6) is 0 Å². The fraction of sp³-hybridized carbons (Fsp3) is 0.763. The van der Waals surface area contributed by atoms with E-state index in [1.165, 1.54) is 27.7 Å². The van der Waals surface area contributed by atoms with Gasteiger partial charge in [-0.3, -0.25) is 38.4 Å². The topological polar surface area (TPSA) is 477 Å². The fourth-order valence-corrected chi connectivity index (χ4v) is 6.67. The van der Waals surface area contributed by atoms with E-state index in [1.807, 2.05) is 0 Å². The molecule has 2 aliphatic rings. The highest BCUT2D eigenvalue weighted by Crippen LogP contribution is 2.30. The van der Waals surface area contributed by atoms with Crippen LogP contribution in [0, 0.1) is 0 Å². The summed E-state index contributed by atoms with van der Waals surface area (Å²) in [5.41, 5.74) is 11.6. The summed E-state index contributed by atoms with van der Waals surface area (Å²) in [6, 6.07) is -11.5. The molecule has 0 spiro atoms. The Balaban J connectivity index is 2.16. The first-order valence-corrected chi connectivity index (χ1v) is 21.1. The average Bonchev–Trinajstić information content (AvgIpc) is 3.25. The van der Waals surface area contributed by atoms with Crippen molar-refractivity contribution < 1.29 is 103 Å². The van der Waals surface area contributed by atoms with Crippen LogP contribution in [0.1, 0.15) is 66.7 Å². The number of carbonyl (C=O) groups excluding carboxylic acids is 6. The first-order valence-electron chi connectivity index (χ1n) is 21.1. The van der Waals surface area contributed by atoms with Gasteiger partial charge in [0.05, 0.1) is 19.3 Å². The molecular formula is C38H64N8O21. The predicted molar refractivity (Wildman–Crippen MR) is 221 cm³/mol. The second-order valence-electron chi connectivity index (χ2n) is 16.1. The van der Waals surface area contributed by atoms with E-state index in [0.29, 0.717) is 0 Å². The molecule has 2 rings (SSSR count). The van der Waals surface area contributed by atoms with Crippen LogP contribution >= 0.6 is 0 Å². The predicted octanol–water partition coefficient (Wildman–Crippen LogP) is -7.86. The van der Waals surface area contributed by atoms with Crippen molar-refractivity contribution in [2.45, 2.75) is 170 Å². The fourth-order valence-electron chi connectivity index (χ4n) is 6.67. The van der Waals surface area contributed by atoms with Crippen LogP contribution in [-0.4, -0.2) is 211 Å². The maximum absolute atomic E-state index is 13.4. The monoisotopic (exact) mass is 968 g/mol. The minimum atomic E-state index is -1.87. The SMILES string of the molecule is CC(=O)NC1C(O)OC(CO)C(OC2OC(CO)C(O)C(O)C2N)C1OC(C)C(=O)NC(C)C(=O)NC(CCC(=O)NC(CCCC(N)C(=O)O)C(=O)NC(C)C(=O)NC(C)C(=O)O)C(=O)O. The van der Waals surface area contributed by atoms with E-state index >= 15 is 0 Å². The molecule has 29 nitrogen and oxygen atoms in total. The van der Waals surface area contributed by atoms with Gasteiger partial charge in [-0.2, -0.15) is 0 Å². The molecule has 2 heterocycles. The van der Waals surface area contributed by atoms with Gasteiger partial charge in [-0.25, -0.2) is 4.79 Å². The van der Waals surface area contributed by atoms with Gasteiger partial charge in [-0.15, -0.1) is 0 Å². The Bertz CT molecular complexity index is 1740. The number of aliphatic hydroxyl groups excluding tert-OH is 5. The Labute approximate surface area is 382 Å². The average molecular weight is 969 g/mol. The quantitative estimate of drug-likeness (QED) is 0.0383. The van der Waals surface area contributed by atoms with Crippen LogP contribution in [-0.2, 0) is 62.1 Å². The molecule has 18 N–H and O–H groups in total. The lowest BCUT2D eigenvalue weighted by atomic mass is 9.94. The third-order valence-electron chi connectivity index (χ3n) is 10.7. The number of amides is 6. The molecule has 67 heavy (non-hydrogen) atoms. The van der Waals surface area contributed by atoms with Crippen LogP contribution in [0.3, 0.4) is 0 Å². The molecule has 0 aromatic heterocycles. The normalized spacial score (nSPS) is 28.1. The van der Waals surface area contributed by atoms with E-state index in [4.69, 9.17) is 40.6 Å². The lowest BCUT2D eigenvalue weighted by Gasteiger charge is -2.48. The van der Waals surface area contributed by atoms with Crippen LogP contribution in [0.15, 0.2) is 0 Å². The third kappa shape index (κ3) is 17.4. The number of carbonyl (C=O) groups is 9. The molecule has 0 bridgehead atoms. The van der Waals surface area contributed by atoms with Gasteiger partial charge in [0.25, 0.3) is 0 Å². The van der Waals surface area contributed by atoms with Crippen molar-refractivity contribution in [3.8, 4) is 0 Å². The Morgan fingerprint density at radius 1 is 0.642 bits per heavy atom. The number of carboxylic acids is 3. The summed E-state index contributed by atoms with van der Waals surface area (Å²) in [6.07, 6.45) is -15.9. The van der Waals surface area contributed by atoms with Gasteiger partial charge in [-0.1, -0.05) is 0 Å². The zero-order chi connectivity index (χ0) is 51.0. The largest absolute Gasteiger partial charge is 0.480 e. The van der Waals surface area contributed by atoms with E-state index in [1.54, 1.807) is 0 Å². The molecule has 0 aromatic carbocycles. The van der Waals surface area contributed by atoms with Crippen molar-refractivity contribution in [2.75, 3.05) is 13.2 Å². The number of aliphatic hydroxyl groups is 5. The first kappa shape index (κ1) is 57.9. The van der Waals surface area contributed by atoms with Crippen LogP contribution in [0.2, 0.25) is 0 Å². The molecule has 29 heteroatoms. The summed E-state index contributed by atoms with van der Waals surface area (Å²) in [6.45, 7) is 4.20. The smallest absolute Gasteiger partial charge is 0.326 e. The second-order valence-corrected chi connectivity index (χ2v) is 16.1. The van der Waals surface area contributed by atoms with Crippen molar-refractivity contribution in [2.24, 2.45) is 11.5 Å². The van der Waals surface area contributed by atoms with Gasteiger partial charge in [0, 0.05) is 13.3 Å². The molecule has 6 amide bonds. The van der Waals surface area contributed by atoms with Gasteiger partial charge in [0.1, 0.15) is 85.0 Å². The summed E-state index contributed by atoms with van der Waals surface area (Å²) in [5, 5.41) is 93.0. The second kappa shape index (κ2) is 27.0. The van der Waals surface area contributed by atoms with Crippen molar-refractivity contribution in [3.05, 3.63) is 0 Å².